The second-order valence-corrected chi connectivity index (χ2v) is 4.62. The third-order valence-corrected chi connectivity index (χ3v) is 3.20. The number of aromatic nitrogens is 3. The van der Waals surface area contributed by atoms with E-state index in [0.29, 0.717) is 0 Å². The van der Waals surface area contributed by atoms with Crippen molar-refractivity contribution >= 4 is 17.2 Å². The Morgan fingerprint density at radius 1 is 1.17 bits per heavy atom. The van der Waals surface area contributed by atoms with E-state index >= 15 is 0 Å². The van der Waals surface area contributed by atoms with Gasteiger partial charge in [-0.2, -0.15) is 5.10 Å². The van der Waals surface area contributed by atoms with E-state index in [1.807, 2.05) is 25.5 Å². The summed E-state index contributed by atoms with van der Waals surface area (Å²) in [6, 6.07) is 4.14. The summed E-state index contributed by atoms with van der Waals surface area (Å²) in [7, 11) is 1.90. The molecule has 18 heavy (non-hydrogen) atoms. The maximum Gasteiger partial charge on any atom is 0.130 e. The first-order chi connectivity index (χ1) is 8.81. The van der Waals surface area contributed by atoms with Gasteiger partial charge in [0, 0.05) is 26.3 Å². The van der Waals surface area contributed by atoms with Crippen LogP contribution in [0.2, 0.25) is 0 Å². The second kappa shape index (κ2) is 4.68. The summed E-state index contributed by atoms with van der Waals surface area (Å²) in [6.07, 6.45) is 8.22. The topological polar surface area (TPSA) is 46.0 Å². The summed E-state index contributed by atoms with van der Waals surface area (Å²) in [5.74, 6) is 0.853. The fraction of sp³-hybridized carbons (Fsp3) is 0.385. The lowest BCUT2D eigenvalue weighted by atomic mass is 10.3. The standard InChI is InChI=1S/C13H17N5/c1-17-10-11(8-15-17)16-13-5-4-12(9-14-13)18-6-2-3-7-18/h4-5,8-10H,2-3,6-7H2,1H3,(H,14,16). The summed E-state index contributed by atoms with van der Waals surface area (Å²) < 4.78 is 1.76. The molecule has 0 bridgehead atoms. The number of nitrogens with zero attached hydrogens (tertiary/aromatic N) is 4. The third kappa shape index (κ3) is 2.30. The first-order valence-electron chi connectivity index (χ1n) is 6.28. The van der Waals surface area contributed by atoms with E-state index in [0.717, 1.165) is 24.6 Å². The molecule has 5 heteroatoms. The molecule has 0 amide bonds. The Hall–Kier alpha value is -2.04. The van der Waals surface area contributed by atoms with Gasteiger partial charge >= 0.3 is 0 Å². The maximum absolute atomic E-state index is 4.44. The summed E-state index contributed by atoms with van der Waals surface area (Å²) in [5, 5.41) is 7.34. The summed E-state index contributed by atoms with van der Waals surface area (Å²) in [4.78, 5) is 6.81. The molecule has 2 aromatic rings. The Morgan fingerprint density at radius 3 is 2.61 bits per heavy atom. The van der Waals surface area contributed by atoms with Crippen LogP contribution in [0.5, 0.6) is 0 Å². The van der Waals surface area contributed by atoms with Crippen LogP contribution in [-0.4, -0.2) is 27.9 Å². The quantitative estimate of drug-likeness (QED) is 0.897. The van der Waals surface area contributed by atoms with Crippen LogP contribution < -0.4 is 10.2 Å². The van der Waals surface area contributed by atoms with Gasteiger partial charge in [-0.1, -0.05) is 0 Å². The second-order valence-electron chi connectivity index (χ2n) is 4.62. The van der Waals surface area contributed by atoms with E-state index in [9.17, 15) is 0 Å². The van der Waals surface area contributed by atoms with Crippen LogP contribution >= 0.6 is 0 Å². The molecule has 0 spiro atoms. The van der Waals surface area contributed by atoms with Gasteiger partial charge in [0.1, 0.15) is 5.82 Å². The molecule has 1 aliphatic rings. The highest BCUT2D eigenvalue weighted by molar-refractivity contribution is 5.57. The highest BCUT2D eigenvalue weighted by Crippen LogP contribution is 2.21. The van der Waals surface area contributed by atoms with Crippen LogP contribution in [-0.2, 0) is 7.05 Å². The van der Waals surface area contributed by atoms with Gasteiger partial charge in [-0.15, -0.1) is 0 Å². The van der Waals surface area contributed by atoms with Gasteiger partial charge in [-0.3, -0.25) is 4.68 Å². The van der Waals surface area contributed by atoms with E-state index in [2.05, 4.69) is 26.4 Å². The van der Waals surface area contributed by atoms with E-state index in [1.165, 1.54) is 18.5 Å². The number of pyridine rings is 1. The van der Waals surface area contributed by atoms with Gasteiger partial charge in [0.05, 0.1) is 23.8 Å². The highest BCUT2D eigenvalue weighted by Gasteiger charge is 2.12. The molecule has 2 aromatic heterocycles. The molecule has 5 nitrogen and oxygen atoms in total. The third-order valence-electron chi connectivity index (χ3n) is 3.20. The molecule has 1 N–H and O–H groups in total. The van der Waals surface area contributed by atoms with E-state index in [-0.39, 0.29) is 0 Å². The van der Waals surface area contributed by atoms with E-state index < -0.39 is 0 Å². The van der Waals surface area contributed by atoms with Gasteiger partial charge in [0.25, 0.3) is 0 Å². The van der Waals surface area contributed by atoms with Crippen molar-refractivity contribution in [3.05, 3.63) is 30.7 Å². The van der Waals surface area contributed by atoms with Crippen molar-refractivity contribution in [2.75, 3.05) is 23.3 Å². The number of anilines is 3. The largest absolute Gasteiger partial charge is 0.370 e. The minimum atomic E-state index is 0.853. The fourth-order valence-electron chi connectivity index (χ4n) is 2.26. The Labute approximate surface area is 106 Å². The molecule has 0 aromatic carbocycles. The SMILES string of the molecule is Cn1cc(Nc2ccc(N3CCCC3)cn2)cn1. The monoisotopic (exact) mass is 243 g/mol. The zero-order valence-electron chi connectivity index (χ0n) is 10.5. The van der Waals surface area contributed by atoms with Crippen LogP contribution in [0.15, 0.2) is 30.7 Å². The molecule has 0 aliphatic carbocycles. The average Bonchev–Trinajstić information content (AvgIpc) is 3.02. The minimum Gasteiger partial charge on any atom is -0.370 e. The number of aryl methyl sites for hydroxylation is 1. The van der Waals surface area contributed by atoms with Gasteiger partial charge in [-0.25, -0.2) is 4.98 Å². The van der Waals surface area contributed by atoms with Gasteiger partial charge < -0.3 is 10.2 Å². The highest BCUT2D eigenvalue weighted by atomic mass is 15.3. The number of rotatable bonds is 3. The molecular formula is C13H17N5. The smallest absolute Gasteiger partial charge is 0.130 e. The van der Waals surface area contributed by atoms with Crippen molar-refractivity contribution in [2.24, 2.45) is 7.05 Å². The van der Waals surface area contributed by atoms with E-state index in [4.69, 9.17) is 0 Å². The lowest BCUT2D eigenvalue weighted by Crippen LogP contribution is -2.17. The summed E-state index contributed by atoms with van der Waals surface area (Å²) in [6.45, 7) is 2.30. The molecular weight excluding hydrogens is 226 g/mol. The van der Waals surface area contributed by atoms with Crippen molar-refractivity contribution in [2.45, 2.75) is 12.8 Å². The number of nitrogens with one attached hydrogen (secondary N) is 1. The number of hydrogen-bond acceptors (Lipinski definition) is 4. The molecule has 1 aliphatic heterocycles. The first-order valence-corrected chi connectivity index (χ1v) is 6.28. The zero-order chi connectivity index (χ0) is 12.4. The van der Waals surface area contributed by atoms with Crippen molar-refractivity contribution < 1.29 is 0 Å². The zero-order valence-corrected chi connectivity index (χ0v) is 10.5. The van der Waals surface area contributed by atoms with Crippen LogP contribution in [0, 0.1) is 0 Å². The van der Waals surface area contributed by atoms with Crippen LogP contribution in [0.25, 0.3) is 0 Å². The van der Waals surface area contributed by atoms with Crippen LogP contribution in [0.4, 0.5) is 17.2 Å². The lowest BCUT2D eigenvalue weighted by Gasteiger charge is -2.17. The molecule has 0 atom stereocenters. The Kier molecular flexibility index (Phi) is 2.88. The lowest BCUT2D eigenvalue weighted by molar-refractivity contribution is 0.768. The Balaban J connectivity index is 1.70. The van der Waals surface area contributed by atoms with Gasteiger partial charge in [0.2, 0.25) is 0 Å². The van der Waals surface area contributed by atoms with E-state index in [1.54, 1.807) is 10.9 Å². The Morgan fingerprint density at radius 2 is 2.00 bits per heavy atom. The van der Waals surface area contributed by atoms with Crippen molar-refractivity contribution in [1.29, 1.82) is 0 Å². The normalized spacial score (nSPS) is 15.1. The minimum absolute atomic E-state index is 0.853. The van der Waals surface area contributed by atoms with Gasteiger partial charge in [-0.05, 0) is 25.0 Å². The molecule has 1 fully saturated rings. The predicted octanol–water partition coefficient (Wildman–Crippen LogP) is 2.16. The number of hydrogen-bond donors (Lipinski definition) is 1. The predicted molar refractivity (Wildman–Crippen MR) is 72.2 cm³/mol. The van der Waals surface area contributed by atoms with Crippen molar-refractivity contribution in [1.82, 2.24) is 14.8 Å². The van der Waals surface area contributed by atoms with Crippen molar-refractivity contribution in [3.8, 4) is 0 Å². The summed E-state index contributed by atoms with van der Waals surface area (Å²) in [5.41, 5.74) is 2.17. The fourth-order valence-corrected chi connectivity index (χ4v) is 2.26. The molecule has 1 saturated heterocycles. The molecule has 3 rings (SSSR count). The molecule has 0 saturated carbocycles. The first kappa shape index (κ1) is 11.1. The molecule has 3 heterocycles. The molecule has 0 radical (unpaired) electrons. The Bertz CT molecular complexity index is 510. The molecule has 0 unspecified atom stereocenters. The average molecular weight is 243 g/mol. The maximum atomic E-state index is 4.44. The van der Waals surface area contributed by atoms with Gasteiger partial charge in [0.15, 0.2) is 0 Å². The van der Waals surface area contributed by atoms with Crippen LogP contribution in [0.1, 0.15) is 12.8 Å². The van der Waals surface area contributed by atoms with Crippen molar-refractivity contribution in [3.63, 3.8) is 0 Å². The summed E-state index contributed by atoms with van der Waals surface area (Å²) >= 11 is 0. The molecule has 94 valence electrons. The van der Waals surface area contributed by atoms with Crippen LogP contribution in [0.3, 0.4) is 0 Å².